The van der Waals surface area contributed by atoms with E-state index in [4.69, 9.17) is 5.73 Å². The van der Waals surface area contributed by atoms with Gasteiger partial charge in [0.05, 0.1) is 11.4 Å². The van der Waals surface area contributed by atoms with Gasteiger partial charge in [0.2, 0.25) is 11.8 Å². The van der Waals surface area contributed by atoms with Gasteiger partial charge in [-0.3, -0.25) is 14.2 Å². The average molecular weight is 291 g/mol. The average Bonchev–Trinajstić information content (AvgIpc) is 2.84. The zero-order chi connectivity index (χ0) is 14.5. The van der Waals surface area contributed by atoms with E-state index in [1.165, 1.54) is 25.0 Å². The van der Waals surface area contributed by atoms with Crippen LogP contribution in [0.25, 0.3) is 5.69 Å². The first kappa shape index (κ1) is 14.1. The Balaban J connectivity index is 2.25. The molecule has 20 heavy (non-hydrogen) atoms. The standard InChI is InChI=1S/C12H13N5O2S/c1-8(18)15-9-3-2-4-10(5-9)17-7-14-16-12(17)20-6-11(13)19/h2-5,7H,6H2,1H3,(H2,13,19)(H,15,18). The van der Waals surface area contributed by atoms with Crippen LogP contribution < -0.4 is 11.1 Å². The van der Waals surface area contributed by atoms with E-state index >= 15 is 0 Å². The molecule has 1 aromatic carbocycles. The highest BCUT2D eigenvalue weighted by Gasteiger charge is 2.09. The number of nitrogens with one attached hydrogen (secondary N) is 1. The summed E-state index contributed by atoms with van der Waals surface area (Å²) in [6.45, 7) is 1.44. The first-order valence-electron chi connectivity index (χ1n) is 5.75. The highest BCUT2D eigenvalue weighted by atomic mass is 32.2. The van der Waals surface area contributed by atoms with Crippen molar-refractivity contribution >= 4 is 29.3 Å². The lowest BCUT2D eigenvalue weighted by Crippen LogP contribution is -2.13. The van der Waals surface area contributed by atoms with Crippen molar-refractivity contribution in [2.24, 2.45) is 5.73 Å². The molecule has 0 bridgehead atoms. The molecule has 0 unspecified atom stereocenters. The maximum Gasteiger partial charge on any atom is 0.227 e. The van der Waals surface area contributed by atoms with Gasteiger partial charge in [0.15, 0.2) is 5.16 Å². The fourth-order valence-corrected chi connectivity index (χ4v) is 2.24. The van der Waals surface area contributed by atoms with E-state index in [2.05, 4.69) is 15.5 Å². The second kappa shape index (κ2) is 6.20. The molecule has 2 aromatic rings. The normalized spacial score (nSPS) is 10.2. The third-order valence-corrected chi connectivity index (χ3v) is 3.27. The number of benzene rings is 1. The Bertz CT molecular complexity index is 640. The minimum Gasteiger partial charge on any atom is -0.369 e. The molecule has 2 rings (SSSR count). The van der Waals surface area contributed by atoms with Crippen LogP contribution >= 0.6 is 11.8 Å². The summed E-state index contributed by atoms with van der Waals surface area (Å²) >= 11 is 1.20. The van der Waals surface area contributed by atoms with Gasteiger partial charge in [-0.2, -0.15) is 0 Å². The minimum absolute atomic E-state index is 0.129. The van der Waals surface area contributed by atoms with Gasteiger partial charge in [0.25, 0.3) is 0 Å². The molecule has 1 aromatic heterocycles. The zero-order valence-electron chi connectivity index (χ0n) is 10.7. The molecule has 0 aliphatic carbocycles. The first-order valence-corrected chi connectivity index (χ1v) is 6.74. The van der Waals surface area contributed by atoms with Crippen molar-refractivity contribution in [3.8, 4) is 5.69 Å². The molecule has 0 spiro atoms. The summed E-state index contributed by atoms with van der Waals surface area (Å²) in [5.41, 5.74) is 6.57. The predicted octanol–water partition coefficient (Wildman–Crippen LogP) is 0.803. The van der Waals surface area contributed by atoms with Crippen molar-refractivity contribution in [3.05, 3.63) is 30.6 Å². The summed E-state index contributed by atoms with van der Waals surface area (Å²) in [6, 6.07) is 7.23. The molecule has 0 saturated carbocycles. The third kappa shape index (κ3) is 3.58. The lowest BCUT2D eigenvalue weighted by Gasteiger charge is -2.08. The van der Waals surface area contributed by atoms with Crippen LogP contribution in [0.2, 0.25) is 0 Å². The van der Waals surface area contributed by atoms with E-state index in [9.17, 15) is 9.59 Å². The molecule has 8 heteroatoms. The van der Waals surface area contributed by atoms with Gasteiger partial charge >= 0.3 is 0 Å². The molecule has 104 valence electrons. The van der Waals surface area contributed by atoms with Gasteiger partial charge in [-0.1, -0.05) is 17.8 Å². The van der Waals surface area contributed by atoms with E-state index in [-0.39, 0.29) is 11.7 Å². The summed E-state index contributed by atoms with van der Waals surface area (Å²) < 4.78 is 1.72. The number of anilines is 1. The number of thioether (sulfide) groups is 1. The molecule has 0 saturated heterocycles. The number of aromatic nitrogens is 3. The highest BCUT2D eigenvalue weighted by Crippen LogP contribution is 2.21. The van der Waals surface area contributed by atoms with Gasteiger partial charge < -0.3 is 11.1 Å². The van der Waals surface area contributed by atoms with E-state index < -0.39 is 5.91 Å². The Morgan fingerprint density at radius 1 is 1.45 bits per heavy atom. The number of amides is 2. The Kier molecular flexibility index (Phi) is 4.36. The van der Waals surface area contributed by atoms with Crippen LogP contribution in [-0.4, -0.2) is 32.3 Å². The summed E-state index contributed by atoms with van der Waals surface area (Å²) in [5.74, 6) is -0.435. The quantitative estimate of drug-likeness (QED) is 0.793. The number of carbonyl (C=O) groups excluding carboxylic acids is 2. The van der Waals surface area contributed by atoms with Gasteiger partial charge in [0.1, 0.15) is 6.33 Å². The largest absolute Gasteiger partial charge is 0.369 e. The molecule has 1 heterocycles. The summed E-state index contributed by atoms with van der Waals surface area (Å²) in [5, 5.41) is 11.0. The van der Waals surface area contributed by atoms with Crippen LogP contribution in [0.4, 0.5) is 5.69 Å². The van der Waals surface area contributed by atoms with E-state index in [1.807, 2.05) is 12.1 Å². The Morgan fingerprint density at radius 2 is 2.25 bits per heavy atom. The second-order valence-corrected chi connectivity index (χ2v) is 4.91. The van der Waals surface area contributed by atoms with Crippen molar-refractivity contribution in [1.82, 2.24) is 14.8 Å². The van der Waals surface area contributed by atoms with E-state index in [0.717, 1.165) is 5.69 Å². The topological polar surface area (TPSA) is 103 Å². The number of hydrogen-bond donors (Lipinski definition) is 2. The maximum absolute atomic E-state index is 11.1. The lowest BCUT2D eigenvalue weighted by molar-refractivity contribution is -0.116. The number of nitrogens with two attached hydrogens (primary N) is 1. The second-order valence-electron chi connectivity index (χ2n) is 3.97. The van der Waals surface area contributed by atoms with Gasteiger partial charge in [0, 0.05) is 12.6 Å². The Hall–Kier alpha value is -2.35. The van der Waals surface area contributed by atoms with Gasteiger partial charge in [-0.05, 0) is 18.2 Å². The molecule has 0 radical (unpaired) electrons. The van der Waals surface area contributed by atoms with E-state index in [1.54, 1.807) is 16.7 Å². The van der Waals surface area contributed by atoms with Crippen molar-refractivity contribution in [2.75, 3.05) is 11.1 Å². The molecule has 0 atom stereocenters. The monoisotopic (exact) mass is 291 g/mol. The summed E-state index contributed by atoms with van der Waals surface area (Å²) in [4.78, 5) is 21.9. The van der Waals surface area contributed by atoms with E-state index in [0.29, 0.717) is 10.8 Å². The third-order valence-electron chi connectivity index (χ3n) is 2.30. The Labute approximate surface area is 119 Å². The number of rotatable bonds is 5. The van der Waals surface area contributed by atoms with Crippen LogP contribution in [0.1, 0.15) is 6.92 Å². The molecule has 2 amide bonds. The SMILES string of the molecule is CC(=O)Nc1cccc(-n2cnnc2SCC(N)=O)c1. The molecular formula is C12H13N5O2S. The van der Waals surface area contributed by atoms with Crippen LogP contribution in [0, 0.1) is 0 Å². The fourth-order valence-electron chi connectivity index (χ4n) is 1.57. The number of carbonyl (C=O) groups is 2. The van der Waals surface area contributed by atoms with Crippen molar-refractivity contribution in [1.29, 1.82) is 0 Å². The van der Waals surface area contributed by atoms with Crippen LogP contribution in [0.5, 0.6) is 0 Å². The van der Waals surface area contributed by atoms with Gasteiger partial charge in [-0.25, -0.2) is 0 Å². The Morgan fingerprint density at radius 3 is 2.95 bits per heavy atom. The van der Waals surface area contributed by atoms with Crippen LogP contribution in [0.3, 0.4) is 0 Å². The molecule has 7 nitrogen and oxygen atoms in total. The minimum atomic E-state index is -0.420. The molecule has 0 aliphatic heterocycles. The van der Waals surface area contributed by atoms with Crippen LogP contribution in [0.15, 0.2) is 35.7 Å². The molecule has 0 fully saturated rings. The summed E-state index contributed by atoms with van der Waals surface area (Å²) in [6.07, 6.45) is 1.54. The van der Waals surface area contributed by atoms with Gasteiger partial charge in [-0.15, -0.1) is 10.2 Å². The first-order chi connectivity index (χ1) is 9.56. The number of primary amides is 1. The molecule has 3 N–H and O–H groups in total. The predicted molar refractivity (Wildman–Crippen MR) is 75.6 cm³/mol. The van der Waals surface area contributed by atoms with Crippen molar-refractivity contribution in [2.45, 2.75) is 12.1 Å². The maximum atomic E-state index is 11.1. The number of nitrogens with zero attached hydrogens (tertiary/aromatic N) is 3. The highest BCUT2D eigenvalue weighted by molar-refractivity contribution is 7.99. The zero-order valence-corrected chi connectivity index (χ0v) is 11.6. The van der Waals surface area contributed by atoms with Crippen molar-refractivity contribution in [3.63, 3.8) is 0 Å². The molecular weight excluding hydrogens is 278 g/mol. The fraction of sp³-hybridized carbons (Fsp3) is 0.167. The van der Waals surface area contributed by atoms with Crippen molar-refractivity contribution < 1.29 is 9.59 Å². The van der Waals surface area contributed by atoms with Crippen LogP contribution in [-0.2, 0) is 9.59 Å². The smallest absolute Gasteiger partial charge is 0.227 e. The number of hydrogen-bond acceptors (Lipinski definition) is 5. The summed E-state index contributed by atoms with van der Waals surface area (Å²) in [7, 11) is 0. The lowest BCUT2D eigenvalue weighted by atomic mass is 10.2. The molecule has 0 aliphatic rings.